The lowest BCUT2D eigenvalue weighted by molar-refractivity contribution is -0.218. The maximum absolute atomic E-state index is 13.5. The normalized spacial score (nSPS) is 26.1. The lowest BCUT2D eigenvalue weighted by atomic mass is 9.81. The molecule has 160 valence electrons. The fourth-order valence-electron chi connectivity index (χ4n) is 4.50. The Bertz CT molecular complexity index is 1000. The Hall–Kier alpha value is -3.02. The molecule has 30 heavy (non-hydrogen) atoms. The van der Waals surface area contributed by atoms with E-state index >= 15 is 0 Å². The van der Waals surface area contributed by atoms with Crippen LogP contribution in [0, 0.1) is 5.92 Å². The van der Waals surface area contributed by atoms with E-state index in [0.717, 1.165) is 13.1 Å². The van der Waals surface area contributed by atoms with Gasteiger partial charge in [-0.25, -0.2) is 14.6 Å². The molecule has 0 radical (unpaired) electrons. The van der Waals surface area contributed by atoms with Crippen LogP contribution in [0.25, 0.3) is 5.52 Å². The van der Waals surface area contributed by atoms with E-state index < -0.39 is 35.7 Å². The van der Waals surface area contributed by atoms with Gasteiger partial charge in [-0.05, 0) is 44.0 Å². The number of amides is 1. The van der Waals surface area contributed by atoms with Gasteiger partial charge in [0.05, 0.1) is 24.1 Å². The van der Waals surface area contributed by atoms with Gasteiger partial charge in [0.2, 0.25) is 6.10 Å². The minimum atomic E-state index is -3.33. The number of rotatable bonds is 6. The van der Waals surface area contributed by atoms with E-state index in [2.05, 4.69) is 4.98 Å². The minimum absolute atomic E-state index is 0.0525. The second-order valence-electron chi connectivity index (χ2n) is 7.79. The van der Waals surface area contributed by atoms with Crippen LogP contribution in [0.4, 0.5) is 0 Å². The molecular weight excluding hydrogens is 396 g/mol. The number of hydrogen-bond acceptors (Lipinski definition) is 7. The Labute approximate surface area is 170 Å². The van der Waals surface area contributed by atoms with Gasteiger partial charge in [-0.1, -0.05) is 0 Å². The van der Waals surface area contributed by atoms with Gasteiger partial charge in [-0.15, -0.1) is 0 Å². The molecule has 2 bridgehead atoms. The Kier molecular flexibility index (Phi) is 4.96. The van der Waals surface area contributed by atoms with Gasteiger partial charge in [0.1, 0.15) is 0 Å². The van der Waals surface area contributed by atoms with Crippen LogP contribution in [0.15, 0.2) is 30.9 Å². The molecule has 3 atom stereocenters. The van der Waals surface area contributed by atoms with Gasteiger partial charge in [0.25, 0.3) is 11.6 Å². The summed E-state index contributed by atoms with van der Waals surface area (Å²) in [4.78, 5) is 43.7. The van der Waals surface area contributed by atoms with Crippen LogP contribution in [-0.2, 0) is 9.59 Å². The number of aromatic nitrogens is 2. The van der Waals surface area contributed by atoms with Gasteiger partial charge in [-0.2, -0.15) is 0 Å². The van der Waals surface area contributed by atoms with E-state index in [0.29, 0.717) is 23.3 Å². The van der Waals surface area contributed by atoms with Crippen LogP contribution in [-0.4, -0.2) is 95.0 Å². The molecule has 0 saturated carbocycles. The van der Waals surface area contributed by atoms with E-state index in [1.54, 1.807) is 10.6 Å². The van der Waals surface area contributed by atoms with Crippen molar-refractivity contribution in [3.05, 3.63) is 36.4 Å². The lowest BCUT2D eigenvalue weighted by Gasteiger charge is -2.52. The van der Waals surface area contributed by atoms with Crippen LogP contribution in [0.3, 0.4) is 0 Å². The van der Waals surface area contributed by atoms with Crippen LogP contribution in [0.5, 0.6) is 0 Å². The lowest BCUT2D eigenvalue weighted by Crippen LogP contribution is -2.72. The Balaban J connectivity index is 1.83. The number of piperidine rings is 3. The predicted octanol–water partition coefficient (Wildman–Crippen LogP) is -0.911. The van der Waals surface area contributed by atoms with Crippen molar-refractivity contribution in [1.29, 1.82) is 0 Å². The van der Waals surface area contributed by atoms with E-state index in [1.807, 2.05) is 4.90 Å². The summed E-state index contributed by atoms with van der Waals surface area (Å²) in [7, 11) is 0. The van der Waals surface area contributed by atoms with Gasteiger partial charge < -0.3 is 29.7 Å². The first-order chi connectivity index (χ1) is 14.2. The van der Waals surface area contributed by atoms with Crippen molar-refractivity contribution in [1.82, 2.24) is 19.2 Å². The zero-order valence-electron chi connectivity index (χ0n) is 16.0. The highest BCUT2D eigenvalue weighted by Gasteiger charge is 2.59. The topological polar surface area (TPSA) is 156 Å². The molecule has 1 amide bonds. The van der Waals surface area contributed by atoms with E-state index in [-0.39, 0.29) is 18.0 Å². The summed E-state index contributed by atoms with van der Waals surface area (Å²) in [6.45, 7) is 1.84. The van der Waals surface area contributed by atoms with Crippen molar-refractivity contribution in [2.24, 2.45) is 5.92 Å². The molecule has 0 aliphatic carbocycles. The van der Waals surface area contributed by atoms with Crippen molar-refractivity contribution >= 4 is 23.4 Å². The number of aliphatic carboxylic acids is 2. The molecule has 3 saturated heterocycles. The van der Waals surface area contributed by atoms with Crippen LogP contribution < -0.4 is 0 Å². The van der Waals surface area contributed by atoms with Crippen molar-refractivity contribution in [3.63, 3.8) is 0 Å². The molecule has 5 rings (SSSR count). The highest BCUT2D eigenvalue weighted by atomic mass is 16.5. The zero-order valence-corrected chi connectivity index (χ0v) is 16.0. The van der Waals surface area contributed by atoms with Crippen LogP contribution in [0.1, 0.15) is 23.2 Å². The first kappa shape index (κ1) is 20.3. The summed E-state index contributed by atoms with van der Waals surface area (Å²) in [5.41, 5.74) is -2.72. The van der Waals surface area contributed by atoms with Gasteiger partial charge in [-0.3, -0.25) is 9.69 Å². The van der Waals surface area contributed by atoms with Gasteiger partial charge in [0, 0.05) is 18.3 Å². The molecular formula is C19H22N4O7. The number of nitrogens with zero attached hydrogens (tertiary/aromatic N) is 4. The van der Waals surface area contributed by atoms with Crippen molar-refractivity contribution in [3.8, 4) is 0 Å². The Morgan fingerprint density at radius 3 is 2.50 bits per heavy atom. The predicted molar refractivity (Wildman–Crippen MR) is 101 cm³/mol. The number of carbonyl (C=O) groups excluding carboxylic acids is 1. The number of carboxylic acids is 2. The number of pyridine rings is 1. The molecule has 11 nitrogen and oxygen atoms in total. The third kappa shape index (κ3) is 3.11. The number of aliphatic hydroxyl groups excluding tert-OH is 1. The molecule has 5 heterocycles. The number of imidazole rings is 1. The van der Waals surface area contributed by atoms with Crippen LogP contribution >= 0.6 is 0 Å². The van der Waals surface area contributed by atoms with Gasteiger partial charge in [0.15, 0.2) is 0 Å². The second kappa shape index (κ2) is 7.35. The highest BCUT2D eigenvalue weighted by molar-refractivity contribution is 6.00. The molecule has 3 aliphatic heterocycles. The van der Waals surface area contributed by atoms with Crippen molar-refractivity contribution < 1.29 is 34.8 Å². The SMILES string of the molecule is O=C(O)C(O)C(O)(C(=O)O)N(C(=O)c1ccn2cncc2c1)[C@H]1CN2CCC1CC2. The summed E-state index contributed by atoms with van der Waals surface area (Å²) in [5.74, 6) is -4.94. The minimum Gasteiger partial charge on any atom is -0.479 e. The number of aliphatic hydroxyl groups is 2. The number of hydrogen-bond donors (Lipinski definition) is 4. The summed E-state index contributed by atoms with van der Waals surface area (Å²) in [6.07, 6.45) is 3.20. The summed E-state index contributed by atoms with van der Waals surface area (Å²) >= 11 is 0. The maximum atomic E-state index is 13.5. The molecule has 0 aromatic carbocycles. The maximum Gasteiger partial charge on any atom is 0.361 e. The van der Waals surface area contributed by atoms with Crippen LogP contribution in [0.2, 0.25) is 0 Å². The summed E-state index contributed by atoms with van der Waals surface area (Å²) < 4.78 is 1.64. The quantitative estimate of drug-likeness (QED) is 0.436. The highest BCUT2D eigenvalue weighted by Crippen LogP contribution is 2.36. The average molecular weight is 418 g/mol. The third-order valence-corrected chi connectivity index (χ3v) is 6.13. The molecule has 11 heteroatoms. The largest absolute Gasteiger partial charge is 0.479 e. The Morgan fingerprint density at radius 2 is 1.93 bits per heavy atom. The first-order valence-electron chi connectivity index (χ1n) is 9.58. The van der Waals surface area contributed by atoms with Crippen molar-refractivity contribution in [2.45, 2.75) is 30.7 Å². The molecule has 4 N–H and O–H groups in total. The van der Waals surface area contributed by atoms with E-state index in [1.165, 1.54) is 24.7 Å². The molecule has 2 aromatic heterocycles. The molecule has 2 unspecified atom stereocenters. The fraction of sp³-hybridized carbons (Fsp3) is 0.474. The zero-order chi connectivity index (χ0) is 21.6. The fourth-order valence-corrected chi connectivity index (χ4v) is 4.50. The second-order valence-corrected chi connectivity index (χ2v) is 7.79. The van der Waals surface area contributed by atoms with Gasteiger partial charge >= 0.3 is 11.9 Å². The first-order valence-corrected chi connectivity index (χ1v) is 9.58. The molecule has 0 spiro atoms. The number of carboxylic acid groups (broad SMARTS) is 2. The number of fused-ring (bicyclic) bond motifs is 4. The number of carbonyl (C=O) groups is 3. The molecule has 3 fully saturated rings. The average Bonchev–Trinajstić information content (AvgIpc) is 3.21. The standard InChI is InChI=1S/C19H22N4O7/c24-15(17(26)27)19(30,18(28)29)23(14-9-21-4-1-11(14)2-5-21)16(25)12-3-6-22-10-20-8-13(22)7-12/h3,6-8,10-11,14-15,24,30H,1-2,4-5,9H2,(H,26,27)(H,28,29)/t14-,15?,19?/m0/s1. The summed E-state index contributed by atoms with van der Waals surface area (Å²) in [6, 6.07) is 2.14. The smallest absolute Gasteiger partial charge is 0.361 e. The van der Waals surface area contributed by atoms with E-state index in [4.69, 9.17) is 0 Å². The molecule has 2 aromatic rings. The molecule has 3 aliphatic rings. The Morgan fingerprint density at radius 1 is 1.23 bits per heavy atom. The van der Waals surface area contributed by atoms with Crippen molar-refractivity contribution in [2.75, 3.05) is 19.6 Å². The van der Waals surface area contributed by atoms with E-state index in [9.17, 15) is 34.8 Å². The summed E-state index contributed by atoms with van der Waals surface area (Å²) in [5, 5.41) is 40.2. The third-order valence-electron chi connectivity index (χ3n) is 6.13. The monoisotopic (exact) mass is 418 g/mol.